The van der Waals surface area contributed by atoms with Gasteiger partial charge in [0.2, 0.25) is 6.39 Å². The van der Waals surface area contributed by atoms with Gasteiger partial charge in [-0.3, -0.25) is 4.98 Å². The third-order valence-corrected chi connectivity index (χ3v) is 2.56. The Labute approximate surface area is 102 Å². The molecule has 0 atom stereocenters. The molecule has 2 N–H and O–H groups in total. The van der Waals surface area contributed by atoms with E-state index in [-0.39, 0.29) is 0 Å². The third kappa shape index (κ3) is 1.81. The average molecular weight is 242 g/mol. The van der Waals surface area contributed by atoms with Gasteiger partial charge >= 0.3 is 0 Å². The highest BCUT2D eigenvalue weighted by Crippen LogP contribution is 2.24. The van der Waals surface area contributed by atoms with Crippen molar-refractivity contribution in [2.75, 3.05) is 5.73 Å². The molecular formula is C11H10N6O. The lowest BCUT2D eigenvalue weighted by Gasteiger charge is -2.07. The van der Waals surface area contributed by atoms with E-state index in [2.05, 4.69) is 20.1 Å². The second-order valence-corrected chi connectivity index (χ2v) is 3.72. The van der Waals surface area contributed by atoms with Crippen molar-refractivity contribution >= 4 is 5.69 Å². The van der Waals surface area contributed by atoms with Crippen molar-refractivity contribution < 1.29 is 4.52 Å². The summed E-state index contributed by atoms with van der Waals surface area (Å²) in [6.07, 6.45) is 8.08. The van der Waals surface area contributed by atoms with Crippen LogP contribution in [-0.2, 0) is 6.54 Å². The van der Waals surface area contributed by atoms with Gasteiger partial charge in [-0.25, -0.2) is 4.98 Å². The van der Waals surface area contributed by atoms with Crippen molar-refractivity contribution in [1.29, 1.82) is 0 Å². The van der Waals surface area contributed by atoms with Gasteiger partial charge in [-0.15, -0.1) is 0 Å². The maximum atomic E-state index is 5.92. The SMILES string of the molecule is Nc1ccncc1-c1cncn1Cc1ncon1. The Kier molecular flexibility index (Phi) is 2.49. The minimum atomic E-state index is 0.472. The maximum Gasteiger partial charge on any atom is 0.213 e. The molecular weight excluding hydrogens is 232 g/mol. The number of nitrogens with zero attached hydrogens (tertiary/aromatic N) is 5. The summed E-state index contributed by atoms with van der Waals surface area (Å²) in [6.45, 7) is 0.472. The average Bonchev–Trinajstić information content (AvgIpc) is 3.02. The Morgan fingerprint density at radius 2 is 2.22 bits per heavy atom. The highest BCUT2D eigenvalue weighted by atomic mass is 16.5. The predicted octanol–water partition coefficient (Wildman–Crippen LogP) is 0.959. The van der Waals surface area contributed by atoms with Crippen molar-refractivity contribution in [2.45, 2.75) is 6.54 Å². The lowest BCUT2D eigenvalue weighted by molar-refractivity contribution is 0.408. The summed E-state index contributed by atoms with van der Waals surface area (Å²) in [5.74, 6) is 0.580. The highest BCUT2D eigenvalue weighted by molar-refractivity contribution is 5.72. The topological polar surface area (TPSA) is 95.7 Å². The molecule has 3 heterocycles. The van der Waals surface area contributed by atoms with E-state index in [0.29, 0.717) is 18.1 Å². The van der Waals surface area contributed by atoms with Gasteiger partial charge in [-0.2, -0.15) is 4.98 Å². The molecule has 90 valence electrons. The Morgan fingerprint density at radius 1 is 1.28 bits per heavy atom. The number of pyridine rings is 1. The van der Waals surface area contributed by atoms with Crippen LogP contribution in [0.5, 0.6) is 0 Å². The van der Waals surface area contributed by atoms with Crippen LogP contribution in [0.1, 0.15) is 5.82 Å². The molecule has 0 radical (unpaired) electrons. The summed E-state index contributed by atoms with van der Waals surface area (Å²) >= 11 is 0. The van der Waals surface area contributed by atoms with Crippen molar-refractivity contribution in [3.05, 3.63) is 43.2 Å². The van der Waals surface area contributed by atoms with Gasteiger partial charge < -0.3 is 14.8 Å². The summed E-state index contributed by atoms with van der Waals surface area (Å²) < 4.78 is 6.59. The Bertz CT molecular complexity index is 645. The van der Waals surface area contributed by atoms with Gasteiger partial charge in [0.15, 0.2) is 5.82 Å². The van der Waals surface area contributed by atoms with Gasteiger partial charge in [0.05, 0.1) is 24.8 Å². The Balaban J connectivity index is 1.99. The molecule has 0 aliphatic rings. The van der Waals surface area contributed by atoms with Crippen LogP contribution >= 0.6 is 0 Å². The second kappa shape index (κ2) is 4.28. The maximum absolute atomic E-state index is 5.92. The minimum absolute atomic E-state index is 0.472. The van der Waals surface area contributed by atoms with E-state index >= 15 is 0 Å². The summed E-state index contributed by atoms with van der Waals surface area (Å²) in [5, 5.41) is 3.77. The number of rotatable bonds is 3. The van der Waals surface area contributed by atoms with Crippen molar-refractivity contribution in [2.24, 2.45) is 0 Å². The molecule has 0 spiro atoms. The van der Waals surface area contributed by atoms with Crippen molar-refractivity contribution in [1.82, 2.24) is 24.7 Å². The fraction of sp³-hybridized carbons (Fsp3) is 0.0909. The number of nitrogen functional groups attached to an aromatic ring is 1. The minimum Gasteiger partial charge on any atom is -0.398 e. The standard InChI is InChI=1S/C11H10N6O/c12-9-1-2-13-3-8(9)10-4-14-6-17(10)5-11-15-7-18-16-11/h1-4,6-7H,5H2,(H2,12,13). The van der Waals surface area contributed by atoms with Crippen LogP contribution in [0.15, 0.2) is 41.9 Å². The molecule has 3 aromatic heterocycles. The summed E-state index contributed by atoms with van der Waals surface area (Å²) in [4.78, 5) is 12.2. The number of hydrogen-bond acceptors (Lipinski definition) is 6. The molecule has 0 bridgehead atoms. The smallest absolute Gasteiger partial charge is 0.213 e. The van der Waals surface area contributed by atoms with E-state index in [4.69, 9.17) is 10.3 Å². The second-order valence-electron chi connectivity index (χ2n) is 3.72. The number of nitrogens with two attached hydrogens (primary N) is 1. The number of hydrogen-bond donors (Lipinski definition) is 1. The molecule has 7 heteroatoms. The zero-order valence-corrected chi connectivity index (χ0v) is 9.39. The van der Waals surface area contributed by atoms with E-state index in [1.165, 1.54) is 6.39 Å². The van der Waals surface area contributed by atoms with Crippen LogP contribution in [0, 0.1) is 0 Å². The molecule has 0 fully saturated rings. The highest BCUT2D eigenvalue weighted by Gasteiger charge is 2.10. The van der Waals surface area contributed by atoms with Crippen LogP contribution in [0.3, 0.4) is 0 Å². The monoisotopic (exact) mass is 242 g/mol. The van der Waals surface area contributed by atoms with E-state index < -0.39 is 0 Å². The summed E-state index contributed by atoms with van der Waals surface area (Å²) in [6, 6.07) is 1.75. The van der Waals surface area contributed by atoms with Gasteiger partial charge in [-0.1, -0.05) is 5.16 Å². The van der Waals surface area contributed by atoms with Gasteiger partial charge in [0, 0.05) is 23.6 Å². The fourth-order valence-electron chi connectivity index (χ4n) is 1.70. The first kappa shape index (κ1) is 10.5. The van der Waals surface area contributed by atoms with Crippen molar-refractivity contribution in [3.63, 3.8) is 0 Å². The third-order valence-electron chi connectivity index (χ3n) is 2.56. The van der Waals surface area contributed by atoms with Crippen LogP contribution < -0.4 is 5.73 Å². The lowest BCUT2D eigenvalue weighted by atomic mass is 10.2. The normalized spacial score (nSPS) is 10.7. The molecule has 0 amide bonds. The van der Waals surface area contributed by atoms with Gasteiger partial charge in [0.25, 0.3) is 0 Å². The number of imidazole rings is 1. The first-order valence-corrected chi connectivity index (χ1v) is 5.30. The Morgan fingerprint density at radius 3 is 3.00 bits per heavy atom. The molecule has 3 aromatic rings. The van der Waals surface area contributed by atoms with Gasteiger partial charge in [-0.05, 0) is 6.07 Å². The summed E-state index contributed by atoms with van der Waals surface area (Å²) in [5.41, 5.74) is 8.27. The quantitative estimate of drug-likeness (QED) is 0.734. The number of aromatic nitrogens is 5. The largest absolute Gasteiger partial charge is 0.398 e. The van der Waals surface area contributed by atoms with E-state index in [1.807, 2.05) is 4.57 Å². The zero-order valence-electron chi connectivity index (χ0n) is 9.39. The van der Waals surface area contributed by atoms with Crippen LogP contribution in [0.25, 0.3) is 11.3 Å². The molecule has 0 aromatic carbocycles. The molecule has 3 rings (SSSR count). The summed E-state index contributed by atoms with van der Waals surface area (Å²) in [7, 11) is 0. The van der Waals surface area contributed by atoms with Crippen molar-refractivity contribution in [3.8, 4) is 11.3 Å². The lowest BCUT2D eigenvalue weighted by Crippen LogP contribution is -2.03. The zero-order chi connectivity index (χ0) is 12.4. The molecule has 0 unspecified atom stereocenters. The molecule has 7 nitrogen and oxygen atoms in total. The van der Waals surface area contributed by atoms with Gasteiger partial charge in [0.1, 0.15) is 0 Å². The molecule has 18 heavy (non-hydrogen) atoms. The molecule has 0 aliphatic carbocycles. The van der Waals surface area contributed by atoms with E-state index in [9.17, 15) is 0 Å². The molecule has 0 aliphatic heterocycles. The predicted molar refractivity (Wildman–Crippen MR) is 63.3 cm³/mol. The molecule has 0 saturated heterocycles. The fourth-order valence-corrected chi connectivity index (χ4v) is 1.70. The first-order chi connectivity index (χ1) is 8.84. The van der Waals surface area contributed by atoms with E-state index in [1.54, 1.807) is 31.0 Å². The number of anilines is 1. The Hall–Kier alpha value is -2.70. The first-order valence-electron chi connectivity index (χ1n) is 5.30. The van der Waals surface area contributed by atoms with Crippen LogP contribution in [0.2, 0.25) is 0 Å². The van der Waals surface area contributed by atoms with Crippen LogP contribution in [0.4, 0.5) is 5.69 Å². The molecule has 0 saturated carbocycles. The van der Waals surface area contributed by atoms with Crippen LogP contribution in [-0.4, -0.2) is 24.7 Å². The van der Waals surface area contributed by atoms with E-state index in [0.717, 1.165) is 11.3 Å².